The van der Waals surface area contributed by atoms with E-state index in [-0.39, 0.29) is 37.5 Å². The fourth-order valence-corrected chi connectivity index (χ4v) is 5.79. The monoisotopic (exact) mass is 741 g/mol. The van der Waals surface area contributed by atoms with Crippen LogP contribution in [0.4, 0.5) is 0 Å². The van der Waals surface area contributed by atoms with Crippen LogP contribution in [0.1, 0.15) is 201 Å². The molecule has 0 rings (SSSR count). The Kier molecular flexibility index (Phi) is 39.6. The number of carbonyl (C=O) groups excluding carboxylic acids is 3. The van der Waals surface area contributed by atoms with Gasteiger partial charge in [-0.2, -0.15) is 0 Å². The van der Waals surface area contributed by atoms with E-state index in [1.807, 2.05) is 12.2 Å². The first-order chi connectivity index (χ1) is 26.0. The molecule has 1 unspecified atom stereocenters. The van der Waals surface area contributed by atoms with Crippen molar-refractivity contribution in [3.63, 3.8) is 0 Å². The zero-order valence-electron chi connectivity index (χ0n) is 34.5. The maximum atomic E-state index is 12.6. The van der Waals surface area contributed by atoms with E-state index < -0.39 is 6.10 Å². The lowest BCUT2D eigenvalue weighted by Gasteiger charge is -2.18. The zero-order chi connectivity index (χ0) is 38.7. The molecule has 0 spiro atoms. The predicted molar refractivity (Wildman–Crippen MR) is 224 cm³/mol. The summed E-state index contributed by atoms with van der Waals surface area (Å²) in [4.78, 5) is 37.6. The molecule has 0 saturated carbocycles. The summed E-state index contributed by atoms with van der Waals surface area (Å²) < 4.78 is 16.6. The minimum atomic E-state index is -0.807. The molecule has 0 heterocycles. The Bertz CT molecular complexity index is 991. The van der Waals surface area contributed by atoms with Crippen LogP contribution < -0.4 is 0 Å². The highest BCUT2D eigenvalue weighted by atomic mass is 16.6. The van der Waals surface area contributed by atoms with Gasteiger partial charge in [0.15, 0.2) is 6.10 Å². The van der Waals surface area contributed by atoms with Gasteiger partial charge in [0.2, 0.25) is 0 Å². The van der Waals surface area contributed by atoms with E-state index in [4.69, 9.17) is 14.2 Å². The van der Waals surface area contributed by atoms with Crippen LogP contribution in [-0.4, -0.2) is 37.2 Å². The van der Waals surface area contributed by atoms with Crippen molar-refractivity contribution in [3.05, 3.63) is 60.8 Å². The fraction of sp³-hybridized carbons (Fsp3) is 0.723. The molecule has 0 saturated heterocycles. The molecule has 0 radical (unpaired) electrons. The Morgan fingerprint density at radius 2 is 0.849 bits per heavy atom. The lowest BCUT2D eigenvalue weighted by molar-refractivity contribution is -0.166. The van der Waals surface area contributed by atoms with Gasteiger partial charge in [0.05, 0.1) is 0 Å². The number of rotatable bonds is 38. The van der Waals surface area contributed by atoms with Gasteiger partial charge in [-0.05, 0) is 57.8 Å². The van der Waals surface area contributed by atoms with Gasteiger partial charge in [-0.3, -0.25) is 14.4 Å². The normalized spacial score (nSPS) is 12.6. The summed E-state index contributed by atoms with van der Waals surface area (Å²) in [5, 5.41) is 0. The molecule has 0 aliphatic heterocycles. The molecule has 0 bridgehead atoms. The van der Waals surface area contributed by atoms with E-state index in [9.17, 15) is 14.4 Å². The molecule has 0 fully saturated rings. The van der Waals surface area contributed by atoms with Gasteiger partial charge in [-0.25, -0.2) is 0 Å². The molecule has 6 nitrogen and oxygen atoms in total. The second-order valence-corrected chi connectivity index (χ2v) is 14.3. The molecule has 0 aromatic carbocycles. The lowest BCUT2D eigenvalue weighted by atomic mass is 10.1. The molecule has 0 aromatic heterocycles. The van der Waals surface area contributed by atoms with Crippen molar-refractivity contribution >= 4 is 17.9 Å². The summed E-state index contributed by atoms with van der Waals surface area (Å²) in [6.07, 6.45) is 49.3. The number of hydrogen-bond donors (Lipinski definition) is 0. The van der Waals surface area contributed by atoms with Crippen LogP contribution >= 0.6 is 0 Å². The molecule has 0 N–H and O–H groups in total. The highest BCUT2D eigenvalue weighted by molar-refractivity contribution is 5.71. The SMILES string of the molecule is CC\C=C/C=C\C=C/CCCCCCCC(=O)OCC(COC(=O)CCCCCCCCCCC)OC(=O)CC/C=C\C/C=C\CCCCCCCC. The zero-order valence-corrected chi connectivity index (χ0v) is 34.5. The van der Waals surface area contributed by atoms with Gasteiger partial charge in [0, 0.05) is 19.3 Å². The third-order valence-electron chi connectivity index (χ3n) is 9.08. The topological polar surface area (TPSA) is 78.9 Å². The first-order valence-electron chi connectivity index (χ1n) is 21.8. The van der Waals surface area contributed by atoms with Crippen LogP contribution in [0.3, 0.4) is 0 Å². The maximum absolute atomic E-state index is 12.6. The van der Waals surface area contributed by atoms with Crippen molar-refractivity contribution in [2.45, 2.75) is 207 Å². The Hall–Kier alpha value is -2.89. The van der Waals surface area contributed by atoms with Gasteiger partial charge in [-0.1, -0.05) is 184 Å². The van der Waals surface area contributed by atoms with Crippen molar-refractivity contribution < 1.29 is 28.6 Å². The van der Waals surface area contributed by atoms with E-state index >= 15 is 0 Å². The van der Waals surface area contributed by atoms with E-state index in [2.05, 4.69) is 69.4 Å². The number of esters is 3. The Labute approximate surface area is 326 Å². The third-order valence-corrected chi connectivity index (χ3v) is 9.08. The number of ether oxygens (including phenoxy) is 3. The molecule has 0 aliphatic carbocycles. The smallest absolute Gasteiger partial charge is 0.306 e. The van der Waals surface area contributed by atoms with E-state index in [0.29, 0.717) is 19.3 Å². The van der Waals surface area contributed by atoms with Crippen molar-refractivity contribution in [2.75, 3.05) is 13.2 Å². The molecule has 304 valence electrons. The molecular weight excluding hydrogens is 661 g/mol. The number of allylic oxidation sites excluding steroid dienone is 10. The van der Waals surface area contributed by atoms with Gasteiger partial charge >= 0.3 is 17.9 Å². The first-order valence-corrected chi connectivity index (χ1v) is 21.8. The van der Waals surface area contributed by atoms with E-state index in [1.165, 1.54) is 77.0 Å². The van der Waals surface area contributed by atoms with Gasteiger partial charge in [0.25, 0.3) is 0 Å². The van der Waals surface area contributed by atoms with Gasteiger partial charge in [0.1, 0.15) is 13.2 Å². The van der Waals surface area contributed by atoms with Gasteiger partial charge < -0.3 is 14.2 Å². The summed E-state index contributed by atoms with van der Waals surface area (Å²) >= 11 is 0. The second-order valence-electron chi connectivity index (χ2n) is 14.3. The third kappa shape index (κ3) is 40.1. The molecule has 53 heavy (non-hydrogen) atoms. The van der Waals surface area contributed by atoms with Crippen molar-refractivity contribution in [1.29, 1.82) is 0 Å². The average Bonchev–Trinajstić information content (AvgIpc) is 3.15. The summed E-state index contributed by atoms with van der Waals surface area (Å²) in [6, 6.07) is 0. The highest BCUT2D eigenvalue weighted by Gasteiger charge is 2.19. The summed E-state index contributed by atoms with van der Waals surface area (Å²) in [5.41, 5.74) is 0. The van der Waals surface area contributed by atoms with Gasteiger partial charge in [-0.15, -0.1) is 0 Å². The lowest BCUT2D eigenvalue weighted by Crippen LogP contribution is -2.30. The molecule has 0 aliphatic rings. The maximum Gasteiger partial charge on any atom is 0.306 e. The minimum Gasteiger partial charge on any atom is -0.462 e. The van der Waals surface area contributed by atoms with E-state index in [0.717, 1.165) is 77.0 Å². The molecular formula is C47H80O6. The average molecular weight is 741 g/mol. The number of unbranched alkanes of at least 4 members (excludes halogenated alkanes) is 19. The van der Waals surface area contributed by atoms with Crippen LogP contribution in [0, 0.1) is 0 Å². The predicted octanol–water partition coefficient (Wildman–Crippen LogP) is 13.7. The second kappa shape index (κ2) is 41.9. The van der Waals surface area contributed by atoms with E-state index in [1.54, 1.807) is 0 Å². The van der Waals surface area contributed by atoms with Crippen LogP contribution in [0.5, 0.6) is 0 Å². The van der Waals surface area contributed by atoms with Crippen molar-refractivity contribution in [2.24, 2.45) is 0 Å². The van der Waals surface area contributed by atoms with Crippen LogP contribution in [0.25, 0.3) is 0 Å². The molecule has 1 atom stereocenters. The number of carbonyl (C=O) groups is 3. The van der Waals surface area contributed by atoms with Crippen LogP contribution in [0.15, 0.2) is 60.8 Å². The first kappa shape index (κ1) is 50.1. The minimum absolute atomic E-state index is 0.103. The summed E-state index contributed by atoms with van der Waals surface area (Å²) in [6.45, 7) is 6.38. The summed E-state index contributed by atoms with van der Waals surface area (Å²) in [7, 11) is 0. The molecule has 0 aromatic rings. The van der Waals surface area contributed by atoms with Crippen molar-refractivity contribution in [1.82, 2.24) is 0 Å². The van der Waals surface area contributed by atoms with Crippen LogP contribution in [0.2, 0.25) is 0 Å². The van der Waals surface area contributed by atoms with Crippen molar-refractivity contribution in [3.8, 4) is 0 Å². The molecule has 0 amide bonds. The summed E-state index contributed by atoms with van der Waals surface area (Å²) in [5.74, 6) is -1.00. The number of hydrogen-bond acceptors (Lipinski definition) is 6. The molecule has 6 heteroatoms. The largest absolute Gasteiger partial charge is 0.462 e. The highest BCUT2D eigenvalue weighted by Crippen LogP contribution is 2.13. The standard InChI is InChI=1S/C47H80O6/c1-4-7-10-13-16-19-21-23-25-28-31-34-37-40-46(49)52-43-44(42-51-45(48)39-36-33-30-27-18-15-12-9-6-3)53-47(50)41-38-35-32-29-26-24-22-20-17-14-11-8-5-2/h7,10,13,16,19,21,24,26,32,35,44H,4-6,8-9,11-12,14-15,17-18,20,22-23,25,27-31,33-34,36-43H2,1-3H3/b10-7-,16-13-,21-19-,26-24-,35-32-. The quantitative estimate of drug-likeness (QED) is 0.0206. The Morgan fingerprint density at radius 1 is 0.415 bits per heavy atom. The Morgan fingerprint density at radius 3 is 1.36 bits per heavy atom. The Balaban J connectivity index is 4.48. The van der Waals surface area contributed by atoms with Crippen LogP contribution in [-0.2, 0) is 28.6 Å². The fourth-order valence-electron chi connectivity index (χ4n) is 5.79.